The Morgan fingerprint density at radius 2 is 2.09 bits per heavy atom. The molecule has 0 saturated heterocycles. The van der Waals surface area contributed by atoms with Crippen molar-refractivity contribution < 1.29 is 14.0 Å². The van der Waals surface area contributed by atoms with Gasteiger partial charge in [-0.05, 0) is 37.5 Å². The molecule has 0 spiro atoms. The van der Waals surface area contributed by atoms with Gasteiger partial charge < -0.3 is 10.6 Å². The van der Waals surface area contributed by atoms with Gasteiger partial charge in [-0.1, -0.05) is 12.1 Å². The van der Waals surface area contributed by atoms with Crippen molar-refractivity contribution in [3.63, 3.8) is 0 Å². The highest BCUT2D eigenvalue weighted by Crippen LogP contribution is 2.08. The lowest BCUT2D eigenvalue weighted by Crippen LogP contribution is -2.40. The van der Waals surface area contributed by atoms with Gasteiger partial charge in [0.1, 0.15) is 5.82 Å². The van der Waals surface area contributed by atoms with E-state index in [4.69, 9.17) is 0 Å². The van der Waals surface area contributed by atoms with Gasteiger partial charge in [0.05, 0.1) is 0 Å². The number of nitrogens with zero attached hydrogens (tertiary/aromatic N) is 2. The van der Waals surface area contributed by atoms with Crippen LogP contribution in [0.1, 0.15) is 18.9 Å². The molecule has 1 aromatic carbocycles. The number of carbonyl (C=O) groups is 2. The summed E-state index contributed by atoms with van der Waals surface area (Å²) >= 11 is 0. The third-order valence-electron chi connectivity index (χ3n) is 3.29. The van der Waals surface area contributed by atoms with Crippen LogP contribution in [-0.4, -0.2) is 27.6 Å². The SMILES string of the molecule is CC(CCc1cccc(F)c1)NC(=O)C(=O)Nc1ccn(C)n1. The van der Waals surface area contributed by atoms with Gasteiger partial charge in [-0.3, -0.25) is 14.3 Å². The van der Waals surface area contributed by atoms with E-state index in [-0.39, 0.29) is 11.9 Å². The molecule has 0 aliphatic heterocycles. The molecule has 0 radical (unpaired) electrons. The molecule has 1 unspecified atom stereocenters. The maximum Gasteiger partial charge on any atom is 0.314 e. The molecule has 0 aliphatic carbocycles. The van der Waals surface area contributed by atoms with Crippen molar-refractivity contribution in [1.29, 1.82) is 0 Å². The third kappa shape index (κ3) is 5.21. The summed E-state index contributed by atoms with van der Waals surface area (Å²) < 4.78 is 14.6. The lowest BCUT2D eigenvalue weighted by atomic mass is 10.1. The highest BCUT2D eigenvalue weighted by molar-refractivity contribution is 6.39. The van der Waals surface area contributed by atoms with Gasteiger partial charge >= 0.3 is 11.8 Å². The van der Waals surface area contributed by atoms with Gasteiger partial charge in [-0.25, -0.2) is 4.39 Å². The number of rotatable bonds is 5. The fourth-order valence-corrected chi connectivity index (χ4v) is 2.09. The van der Waals surface area contributed by atoms with Crippen LogP contribution in [0.4, 0.5) is 10.2 Å². The molecule has 2 rings (SSSR count). The van der Waals surface area contributed by atoms with E-state index in [9.17, 15) is 14.0 Å². The van der Waals surface area contributed by atoms with E-state index < -0.39 is 11.8 Å². The van der Waals surface area contributed by atoms with Crippen molar-refractivity contribution in [3.8, 4) is 0 Å². The summed E-state index contributed by atoms with van der Waals surface area (Å²) in [5, 5.41) is 8.99. The Balaban J connectivity index is 1.78. The maximum atomic E-state index is 13.1. The van der Waals surface area contributed by atoms with Gasteiger partial charge in [0, 0.05) is 25.4 Å². The number of aryl methyl sites for hydroxylation is 2. The molecule has 6 nitrogen and oxygen atoms in total. The molecule has 7 heteroatoms. The Labute approximate surface area is 133 Å². The Hall–Kier alpha value is -2.70. The van der Waals surface area contributed by atoms with Crippen LogP contribution in [0, 0.1) is 5.82 Å². The summed E-state index contributed by atoms with van der Waals surface area (Å²) in [5.41, 5.74) is 0.851. The molecule has 122 valence electrons. The molecule has 1 aromatic heterocycles. The second-order valence-corrected chi connectivity index (χ2v) is 5.37. The highest BCUT2D eigenvalue weighted by Gasteiger charge is 2.17. The first-order valence-corrected chi connectivity index (χ1v) is 7.30. The average Bonchev–Trinajstić information content (AvgIpc) is 2.90. The Morgan fingerprint density at radius 1 is 1.30 bits per heavy atom. The summed E-state index contributed by atoms with van der Waals surface area (Å²) in [7, 11) is 1.71. The summed E-state index contributed by atoms with van der Waals surface area (Å²) in [4.78, 5) is 23.6. The number of hydrogen-bond acceptors (Lipinski definition) is 3. The van der Waals surface area contributed by atoms with Crippen molar-refractivity contribution in [3.05, 3.63) is 47.9 Å². The van der Waals surface area contributed by atoms with Crippen LogP contribution in [0.25, 0.3) is 0 Å². The largest absolute Gasteiger partial charge is 0.345 e. The molecule has 1 atom stereocenters. The van der Waals surface area contributed by atoms with Crippen molar-refractivity contribution in [2.75, 3.05) is 5.32 Å². The summed E-state index contributed by atoms with van der Waals surface area (Å²) in [6.07, 6.45) is 2.88. The second kappa shape index (κ2) is 7.53. The first kappa shape index (κ1) is 16.7. The zero-order chi connectivity index (χ0) is 16.8. The van der Waals surface area contributed by atoms with E-state index in [0.29, 0.717) is 18.7 Å². The van der Waals surface area contributed by atoms with Crippen LogP contribution in [0.15, 0.2) is 36.5 Å². The van der Waals surface area contributed by atoms with E-state index in [1.807, 2.05) is 6.07 Å². The smallest absolute Gasteiger partial charge is 0.314 e. The first-order chi connectivity index (χ1) is 10.9. The first-order valence-electron chi connectivity index (χ1n) is 7.30. The molecular weight excluding hydrogens is 299 g/mol. The zero-order valence-corrected chi connectivity index (χ0v) is 13.0. The third-order valence-corrected chi connectivity index (χ3v) is 3.29. The highest BCUT2D eigenvalue weighted by atomic mass is 19.1. The lowest BCUT2D eigenvalue weighted by Gasteiger charge is -2.13. The lowest BCUT2D eigenvalue weighted by molar-refractivity contribution is -0.136. The molecule has 0 fully saturated rings. The molecule has 2 amide bonds. The van der Waals surface area contributed by atoms with Crippen molar-refractivity contribution in [2.24, 2.45) is 7.05 Å². The van der Waals surface area contributed by atoms with E-state index in [1.165, 1.54) is 16.8 Å². The number of amides is 2. The van der Waals surface area contributed by atoms with Crippen LogP contribution in [0.5, 0.6) is 0 Å². The minimum Gasteiger partial charge on any atom is -0.345 e. The molecule has 0 aliphatic rings. The molecule has 0 saturated carbocycles. The van der Waals surface area contributed by atoms with E-state index >= 15 is 0 Å². The number of aromatic nitrogens is 2. The average molecular weight is 318 g/mol. The molecular formula is C16H19FN4O2. The predicted molar refractivity (Wildman–Crippen MR) is 84.2 cm³/mol. The van der Waals surface area contributed by atoms with E-state index in [0.717, 1.165) is 5.56 Å². The number of benzene rings is 1. The van der Waals surface area contributed by atoms with Gasteiger partial charge in [0.2, 0.25) is 0 Å². The fourth-order valence-electron chi connectivity index (χ4n) is 2.09. The van der Waals surface area contributed by atoms with Gasteiger partial charge in [0.25, 0.3) is 0 Å². The minimum absolute atomic E-state index is 0.208. The fraction of sp³-hybridized carbons (Fsp3) is 0.312. The molecule has 0 bridgehead atoms. The Kier molecular flexibility index (Phi) is 5.46. The van der Waals surface area contributed by atoms with E-state index in [2.05, 4.69) is 15.7 Å². The van der Waals surface area contributed by atoms with Gasteiger partial charge in [-0.2, -0.15) is 5.10 Å². The topological polar surface area (TPSA) is 76.0 Å². The predicted octanol–water partition coefficient (Wildman–Crippen LogP) is 1.64. The number of halogens is 1. The monoisotopic (exact) mass is 318 g/mol. The second-order valence-electron chi connectivity index (χ2n) is 5.37. The van der Waals surface area contributed by atoms with Crippen molar-refractivity contribution >= 4 is 17.6 Å². The number of hydrogen-bond donors (Lipinski definition) is 2. The van der Waals surface area contributed by atoms with Crippen LogP contribution < -0.4 is 10.6 Å². The Morgan fingerprint density at radius 3 is 2.74 bits per heavy atom. The van der Waals surface area contributed by atoms with Crippen molar-refractivity contribution in [2.45, 2.75) is 25.8 Å². The van der Waals surface area contributed by atoms with Crippen molar-refractivity contribution in [1.82, 2.24) is 15.1 Å². The standard InChI is InChI=1S/C16H19FN4O2/c1-11(6-7-12-4-3-5-13(17)10-12)18-15(22)16(23)19-14-8-9-21(2)20-14/h3-5,8-11H,6-7H2,1-2H3,(H,18,22)(H,19,20,23). The zero-order valence-electron chi connectivity index (χ0n) is 13.0. The van der Waals surface area contributed by atoms with Crippen LogP contribution in [-0.2, 0) is 23.1 Å². The molecule has 23 heavy (non-hydrogen) atoms. The normalized spacial score (nSPS) is 11.8. The number of carbonyl (C=O) groups excluding carboxylic acids is 2. The maximum absolute atomic E-state index is 13.1. The summed E-state index contributed by atoms with van der Waals surface area (Å²) in [5.74, 6) is -1.45. The van der Waals surface area contributed by atoms with Gasteiger partial charge in [0.15, 0.2) is 5.82 Å². The Bertz CT molecular complexity index is 699. The molecule has 2 N–H and O–H groups in total. The summed E-state index contributed by atoms with van der Waals surface area (Å²) in [6, 6.07) is 7.71. The minimum atomic E-state index is -0.763. The quantitative estimate of drug-likeness (QED) is 0.823. The van der Waals surface area contributed by atoms with Crippen LogP contribution in [0.2, 0.25) is 0 Å². The molecule has 2 aromatic rings. The number of anilines is 1. The van der Waals surface area contributed by atoms with Crippen LogP contribution >= 0.6 is 0 Å². The van der Waals surface area contributed by atoms with Gasteiger partial charge in [-0.15, -0.1) is 0 Å². The van der Waals surface area contributed by atoms with Crippen LogP contribution in [0.3, 0.4) is 0 Å². The van der Waals surface area contributed by atoms with E-state index in [1.54, 1.807) is 32.3 Å². The number of nitrogens with one attached hydrogen (secondary N) is 2. The summed E-state index contributed by atoms with van der Waals surface area (Å²) in [6.45, 7) is 1.80. The molecule has 1 heterocycles.